The maximum atomic E-state index is 12.5. The van der Waals surface area contributed by atoms with Crippen LogP contribution in [0.5, 0.6) is 0 Å². The molecule has 0 bridgehead atoms. The molecule has 0 spiro atoms. The van der Waals surface area contributed by atoms with Gasteiger partial charge in [-0.3, -0.25) is 4.79 Å². The van der Waals surface area contributed by atoms with Crippen LogP contribution in [0.2, 0.25) is 0 Å². The normalized spacial score (nSPS) is 12.8. The van der Waals surface area contributed by atoms with E-state index in [4.69, 9.17) is 5.11 Å². The van der Waals surface area contributed by atoms with E-state index in [9.17, 15) is 22.8 Å². The minimum Gasteiger partial charge on any atom is -0.480 e. The molecule has 0 saturated carbocycles. The molecule has 20 heavy (non-hydrogen) atoms. The van der Waals surface area contributed by atoms with Gasteiger partial charge >= 0.3 is 12.1 Å². The minimum atomic E-state index is -4.47. The summed E-state index contributed by atoms with van der Waals surface area (Å²) in [6, 6.07) is 3.38. The van der Waals surface area contributed by atoms with Crippen LogP contribution < -0.4 is 0 Å². The standard InChI is InChI=1S/C13H14F3NO3/c1-8(12(19)20)17(2)11(18)7-9-4-3-5-10(6-9)13(14,15)16/h3-6,8H,7H2,1-2H3,(H,19,20). The molecule has 1 atom stereocenters. The number of benzene rings is 1. The molecule has 0 aliphatic heterocycles. The maximum absolute atomic E-state index is 12.5. The van der Waals surface area contributed by atoms with E-state index < -0.39 is 29.7 Å². The van der Waals surface area contributed by atoms with Gasteiger partial charge in [0, 0.05) is 7.05 Å². The molecule has 0 heterocycles. The average molecular weight is 289 g/mol. The molecule has 0 fully saturated rings. The number of rotatable bonds is 4. The van der Waals surface area contributed by atoms with Crippen LogP contribution in [0, 0.1) is 0 Å². The van der Waals surface area contributed by atoms with Gasteiger partial charge in [0.25, 0.3) is 0 Å². The summed E-state index contributed by atoms with van der Waals surface area (Å²) in [5.74, 6) is -1.73. The third-order valence-electron chi connectivity index (χ3n) is 2.94. The number of carbonyl (C=O) groups is 2. The number of hydrogen-bond acceptors (Lipinski definition) is 2. The lowest BCUT2D eigenvalue weighted by Crippen LogP contribution is -2.41. The smallest absolute Gasteiger partial charge is 0.416 e. The summed E-state index contributed by atoms with van der Waals surface area (Å²) in [5.41, 5.74) is -0.647. The first-order valence-corrected chi connectivity index (χ1v) is 5.77. The molecule has 0 aliphatic rings. The Morgan fingerprint density at radius 1 is 1.35 bits per heavy atom. The first-order chi connectivity index (χ1) is 9.12. The highest BCUT2D eigenvalue weighted by molar-refractivity contribution is 5.84. The number of aliphatic carboxylic acids is 1. The van der Waals surface area contributed by atoms with Crippen molar-refractivity contribution in [2.45, 2.75) is 25.6 Å². The van der Waals surface area contributed by atoms with Crippen molar-refractivity contribution >= 4 is 11.9 Å². The Morgan fingerprint density at radius 2 is 1.95 bits per heavy atom. The molecule has 4 nitrogen and oxygen atoms in total. The number of carboxylic acids is 1. The fraction of sp³-hybridized carbons (Fsp3) is 0.385. The lowest BCUT2D eigenvalue weighted by Gasteiger charge is -2.21. The van der Waals surface area contributed by atoms with Gasteiger partial charge in [-0.2, -0.15) is 13.2 Å². The Balaban J connectivity index is 2.84. The number of alkyl halides is 3. The molecule has 1 amide bonds. The maximum Gasteiger partial charge on any atom is 0.416 e. The molecule has 0 saturated heterocycles. The number of amides is 1. The van der Waals surface area contributed by atoms with Crippen molar-refractivity contribution in [3.05, 3.63) is 35.4 Å². The molecule has 0 aliphatic carbocycles. The lowest BCUT2D eigenvalue weighted by atomic mass is 10.1. The van der Waals surface area contributed by atoms with Gasteiger partial charge in [0.05, 0.1) is 12.0 Å². The van der Waals surface area contributed by atoms with Crippen LogP contribution in [0.25, 0.3) is 0 Å². The highest BCUT2D eigenvalue weighted by Crippen LogP contribution is 2.29. The first-order valence-electron chi connectivity index (χ1n) is 5.77. The lowest BCUT2D eigenvalue weighted by molar-refractivity contribution is -0.148. The minimum absolute atomic E-state index is 0.189. The van der Waals surface area contributed by atoms with Crippen molar-refractivity contribution < 1.29 is 27.9 Å². The summed E-state index contributed by atoms with van der Waals surface area (Å²) in [4.78, 5) is 23.5. The summed E-state index contributed by atoms with van der Waals surface area (Å²) in [6.45, 7) is 1.33. The third-order valence-corrected chi connectivity index (χ3v) is 2.94. The van der Waals surface area contributed by atoms with Gasteiger partial charge in [0.15, 0.2) is 0 Å². The second-order valence-corrected chi connectivity index (χ2v) is 4.39. The molecule has 1 N–H and O–H groups in total. The van der Waals surface area contributed by atoms with E-state index in [0.717, 1.165) is 17.0 Å². The van der Waals surface area contributed by atoms with Gasteiger partial charge in [-0.25, -0.2) is 4.79 Å². The number of halogens is 3. The fourth-order valence-electron chi connectivity index (χ4n) is 1.54. The quantitative estimate of drug-likeness (QED) is 0.924. The second kappa shape index (κ2) is 5.94. The molecule has 0 aromatic heterocycles. The van der Waals surface area contributed by atoms with Crippen LogP contribution in [0.15, 0.2) is 24.3 Å². The van der Waals surface area contributed by atoms with Crippen LogP contribution in [0.3, 0.4) is 0 Å². The van der Waals surface area contributed by atoms with Gasteiger partial charge in [0.1, 0.15) is 6.04 Å². The Bertz CT molecular complexity index is 514. The zero-order valence-corrected chi connectivity index (χ0v) is 10.9. The van der Waals surface area contributed by atoms with Crippen molar-refractivity contribution in [1.29, 1.82) is 0 Å². The highest BCUT2D eigenvalue weighted by Gasteiger charge is 2.30. The molecule has 1 unspecified atom stereocenters. The van der Waals surface area contributed by atoms with E-state index in [1.807, 2.05) is 0 Å². The van der Waals surface area contributed by atoms with E-state index >= 15 is 0 Å². The zero-order valence-electron chi connectivity index (χ0n) is 10.9. The van der Waals surface area contributed by atoms with Crippen LogP contribution in [0.4, 0.5) is 13.2 Å². The first kappa shape index (κ1) is 16.0. The summed E-state index contributed by atoms with van der Waals surface area (Å²) < 4.78 is 37.6. The second-order valence-electron chi connectivity index (χ2n) is 4.39. The van der Waals surface area contributed by atoms with Crippen LogP contribution >= 0.6 is 0 Å². The summed E-state index contributed by atoms with van der Waals surface area (Å²) in [6.07, 6.45) is -4.75. The molecule has 110 valence electrons. The number of carbonyl (C=O) groups excluding carboxylic acids is 1. The van der Waals surface area contributed by atoms with E-state index in [1.165, 1.54) is 26.1 Å². The summed E-state index contributed by atoms with van der Waals surface area (Å²) in [5, 5.41) is 8.78. The molecule has 1 aromatic carbocycles. The molecule has 1 aromatic rings. The topological polar surface area (TPSA) is 57.6 Å². The Morgan fingerprint density at radius 3 is 2.45 bits per heavy atom. The van der Waals surface area contributed by atoms with Gasteiger partial charge in [-0.1, -0.05) is 18.2 Å². The number of nitrogens with zero attached hydrogens (tertiary/aromatic N) is 1. The molecular weight excluding hydrogens is 275 g/mol. The third kappa shape index (κ3) is 3.97. The molecule has 7 heteroatoms. The van der Waals surface area contributed by atoms with Gasteiger partial charge in [-0.15, -0.1) is 0 Å². The van der Waals surface area contributed by atoms with Crippen LogP contribution in [-0.2, 0) is 22.2 Å². The SMILES string of the molecule is CC(C(=O)O)N(C)C(=O)Cc1cccc(C(F)(F)F)c1. The predicted octanol–water partition coefficient (Wildman–Crippen LogP) is 2.18. The largest absolute Gasteiger partial charge is 0.480 e. The van der Waals surface area contributed by atoms with Crippen molar-refractivity contribution in [2.75, 3.05) is 7.05 Å². The average Bonchev–Trinajstić information content (AvgIpc) is 2.36. The molecule has 0 radical (unpaired) electrons. The van der Waals surface area contributed by atoms with Crippen molar-refractivity contribution in [2.24, 2.45) is 0 Å². The Labute approximate surface area is 113 Å². The van der Waals surface area contributed by atoms with E-state index in [-0.39, 0.29) is 12.0 Å². The van der Waals surface area contributed by atoms with Crippen molar-refractivity contribution in [3.8, 4) is 0 Å². The van der Waals surface area contributed by atoms with E-state index in [0.29, 0.717) is 0 Å². The summed E-state index contributed by atoms with van der Waals surface area (Å²) in [7, 11) is 1.30. The highest BCUT2D eigenvalue weighted by atomic mass is 19.4. The number of hydrogen-bond donors (Lipinski definition) is 1. The van der Waals surface area contributed by atoms with E-state index in [1.54, 1.807) is 0 Å². The van der Waals surface area contributed by atoms with Crippen LogP contribution in [-0.4, -0.2) is 35.0 Å². The number of likely N-dealkylation sites (N-methyl/N-ethyl adjacent to an activating group) is 1. The fourth-order valence-corrected chi connectivity index (χ4v) is 1.54. The molecular formula is C13H14F3NO3. The van der Waals surface area contributed by atoms with Crippen molar-refractivity contribution in [1.82, 2.24) is 4.90 Å². The summed E-state index contributed by atoms with van der Waals surface area (Å²) >= 11 is 0. The number of carboxylic acid groups (broad SMARTS) is 1. The monoisotopic (exact) mass is 289 g/mol. The Hall–Kier alpha value is -2.05. The molecule has 1 rings (SSSR count). The van der Waals surface area contributed by atoms with Crippen LogP contribution in [0.1, 0.15) is 18.1 Å². The van der Waals surface area contributed by atoms with Crippen molar-refractivity contribution in [3.63, 3.8) is 0 Å². The van der Waals surface area contributed by atoms with Gasteiger partial charge in [0.2, 0.25) is 5.91 Å². The Kier molecular flexibility index (Phi) is 4.75. The van der Waals surface area contributed by atoms with Gasteiger partial charge in [-0.05, 0) is 18.6 Å². The zero-order chi connectivity index (χ0) is 15.5. The van der Waals surface area contributed by atoms with Gasteiger partial charge < -0.3 is 10.0 Å². The van der Waals surface area contributed by atoms with E-state index in [2.05, 4.69) is 0 Å². The predicted molar refractivity (Wildman–Crippen MR) is 65.0 cm³/mol.